The molecule has 2 heterocycles. The van der Waals surface area contributed by atoms with Crippen molar-refractivity contribution >= 4 is 11.9 Å². The molecule has 0 amide bonds. The Bertz CT molecular complexity index is 571. The summed E-state index contributed by atoms with van der Waals surface area (Å²) in [4.78, 5) is 24.1. The van der Waals surface area contributed by atoms with Gasteiger partial charge in [-0.25, -0.2) is 0 Å². The molecule has 0 aliphatic carbocycles. The second-order valence-electron chi connectivity index (χ2n) is 5.04. The number of hydrogen-bond acceptors (Lipinski definition) is 6. The van der Waals surface area contributed by atoms with Crippen molar-refractivity contribution in [3.63, 3.8) is 0 Å². The molecule has 1 aromatic rings. The summed E-state index contributed by atoms with van der Waals surface area (Å²) in [5.74, 6) is -0.910. The van der Waals surface area contributed by atoms with Gasteiger partial charge in [0.2, 0.25) is 0 Å². The van der Waals surface area contributed by atoms with Gasteiger partial charge in [0.15, 0.2) is 0 Å². The molecule has 0 spiro atoms. The maximum atomic E-state index is 12.1. The summed E-state index contributed by atoms with van der Waals surface area (Å²) in [6.07, 6.45) is -0.454. The summed E-state index contributed by atoms with van der Waals surface area (Å²) in [6.45, 7) is 1.99. The fourth-order valence-corrected chi connectivity index (χ4v) is 3.04. The number of fused-ring (bicyclic) bond motifs is 3. The maximum Gasteiger partial charge on any atom is 0.324 e. The van der Waals surface area contributed by atoms with Crippen molar-refractivity contribution in [3.05, 3.63) is 29.8 Å². The van der Waals surface area contributed by atoms with Gasteiger partial charge in [-0.15, -0.1) is 0 Å². The van der Waals surface area contributed by atoms with E-state index >= 15 is 0 Å². The number of ether oxygens (including phenoxy) is 3. The Balaban J connectivity index is 1.92. The number of nitrogens with one attached hydrogen (secondary N) is 1. The summed E-state index contributed by atoms with van der Waals surface area (Å²) in [6, 6.07) is 6.59. The lowest BCUT2D eigenvalue weighted by molar-refractivity contribution is -0.156. The van der Waals surface area contributed by atoms with E-state index in [0.29, 0.717) is 0 Å². The zero-order valence-corrected chi connectivity index (χ0v) is 11.9. The van der Waals surface area contributed by atoms with E-state index in [-0.39, 0.29) is 12.6 Å². The number of benzene rings is 1. The van der Waals surface area contributed by atoms with Gasteiger partial charge in [-0.2, -0.15) is 0 Å². The molecular formula is C15H17NO5. The van der Waals surface area contributed by atoms with Gasteiger partial charge in [-0.05, 0) is 13.0 Å². The topological polar surface area (TPSA) is 73.9 Å². The summed E-state index contributed by atoms with van der Waals surface area (Å²) in [5.41, 5.74) is 0.947. The van der Waals surface area contributed by atoms with E-state index in [0.717, 1.165) is 11.3 Å². The predicted octanol–water partition coefficient (Wildman–Crippen LogP) is 0.813. The third-order valence-electron chi connectivity index (χ3n) is 3.93. The molecule has 6 nitrogen and oxygen atoms in total. The van der Waals surface area contributed by atoms with Crippen LogP contribution in [0.15, 0.2) is 24.3 Å². The highest BCUT2D eigenvalue weighted by Gasteiger charge is 2.56. The van der Waals surface area contributed by atoms with Crippen LogP contribution in [0.4, 0.5) is 0 Å². The standard InChI is InChI=1S/C15H17NO5/c1-3-20-15(18)12-10(14(17)19-2)13-11(16-12)8-6-4-5-7-9(8)21-13/h4-7,10-13,16H,3H2,1-2H3. The second-order valence-corrected chi connectivity index (χ2v) is 5.04. The Morgan fingerprint density at radius 2 is 2.05 bits per heavy atom. The first-order chi connectivity index (χ1) is 10.2. The monoisotopic (exact) mass is 291 g/mol. The van der Waals surface area contributed by atoms with E-state index in [1.807, 2.05) is 24.3 Å². The molecule has 2 aliphatic heterocycles. The fraction of sp³-hybridized carbons (Fsp3) is 0.467. The van der Waals surface area contributed by atoms with Crippen LogP contribution < -0.4 is 10.1 Å². The zero-order valence-electron chi connectivity index (χ0n) is 11.9. The Morgan fingerprint density at radius 3 is 2.76 bits per heavy atom. The minimum absolute atomic E-state index is 0.209. The van der Waals surface area contributed by atoms with E-state index in [1.54, 1.807) is 6.92 Å². The van der Waals surface area contributed by atoms with Crippen molar-refractivity contribution in [2.24, 2.45) is 5.92 Å². The van der Waals surface area contributed by atoms with Gasteiger partial charge < -0.3 is 14.2 Å². The molecule has 0 saturated carbocycles. The first-order valence-electron chi connectivity index (χ1n) is 6.93. The van der Waals surface area contributed by atoms with Crippen LogP contribution in [0, 0.1) is 5.92 Å². The summed E-state index contributed by atoms with van der Waals surface area (Å²) >= 11 is 0. The van der Waals surface area contributed by atoms with E-state index in [1.165, 1.54) is 7.11 Å². The van der Waals surface area contributed by atoms with Crippen molar-refractivity contribution in [1.29, 1.82) is 0 Å². The molecule has 4 atom stereocenters. The highest BCUT2D eigenvalue weighted by Crippen LogP contribution is 2.44. The number of carbonyl (C=O) groups is 2. The number of esters is 2. The van der Waals surface area contributed by atoms with Gasteiger partial charge in [0.1, 0.15) is 23.8 Å². The van der Waals surface area contributed by atoms with Crippen LogP contribution >= 0.6 is 0 Å². The predicted molar refractivity (Wildman–Crippen MR) is 72.7 cm³/mol. The second kappa shape index (κ2) is 5.37. The lowest BCUT2D eigenvalue weighted by atomic mass is 9.95. The summed E-state index contributed by atoms with van der Waals surface area (Å²) in [5, 5.41) is 3.16. The molecule has 1 aromatic carbocycles. The molecule has 1 fully saturated rings. The van der Waals surface area contributed by atoms with Gasteiger partial charge in [0.25, 0.3) is 0 Å². The highest BCUT2D eigenvalue weighted by molar-refractivity contribution is 5.86. The Morgan fingerprint density at radius 1 is 1.29 bits per heavy atom. The largest absolute Gasteiger partial charge is 0.487 e. The quantitative estimate of drug-likeness (QED) is 0.831. The minimum Gasteiger partial charge on any atom is -0.487 e. The minimum atomic E-state index is -0.749. The number of para-hydroxylation sites is 1. The van der Waals surface area contributed by atoms with Crippen molar-refractivity contribution in [2.75, 3.05) is 13.7 Å². The van der Waals surface area contributed by atoms with Crippen LogP contribution in [0.5, 0.6) is 5.75 Å². The molecule has 1 saturated heterocycles. The number of carbonyl (C=O) groups excluding carboxylic acids is 2. The lowest BCUT2D eigenvalue weighted by Gasteiger charge is -2.19. The van der Waals surface area contributed by atoms with Gasteiger partial charge in [0, 0.05) is 5.56 Å². The molecule has 6 heteroatoms. The van der Waals surface area contributed by atoms with Gasteiger partial charge in [0.05, 0.1) is 19.8 Å². The first kappa shape index (κ1) is 13.9. The van der Waals surface area contributed by atoms with Crippen LogP contribution in [-0.4, -0.2) is 37.8 Å². The molecule has 21 heavy (non-hydrogen) atoms. The Kier molecular flexibility index (Phi) is 3.55. The van der Waals surface area contributed by atoms with E-state index in [2.05, 4.69) is 5.32 Å². The van der Waals surface area contributed by atoms with E-state index in [9.17, 15) is 9.59 Å². The number of rotatable bonds is 3. The average Bonchev–Trinajstić information content (AvgIpc) is 3.02. The van der Waals surface area contributed by atoms with Crippen LogP contribution in [0.2, 0.25) is 0 Å². The molecule has 0 bridgehead atoms. The van der Waals surface area contributed by atoms with Crippen molar-refractivity contribution < 1.29 is 23.8 Å². The fourth-order valence-electron chi connectivity index (χ4n) is 3.04. The normalized spacial score (nSPS) is 29.2. The maximum absolute atomic E-state index is 12.1. The number of methoxy groups -OCH3 is 1. The van der Waals surface area contributed by atoms with Gasteiger partial charge in [-0.3, -0.25) is 14.9 Å². The highest BCUT2D eigenvalue weighted by atomic mass is 16.5. The number of hydrogen-bond donors (Lipinski definition) is 1. The Hall–Kier alpha value is -2.08. The van der Waals surface area contributed by atoms with Gasteiger partial charge in [-0.1, -0.05) is 18.2 Å². The molecule has 2 aliphatic rings. The SMILES string of the molecule is CCOC(=O)C1NC2c3ccccc3OC2C1C(=O)OC. The summed E-state index contributed by atoms with van der Waals surface area (Å²) in [7, 11) is 1.31. The molecule has 4 unspecified atom stereocenters. The zero-order chi connectivity index (χ0) is 15.0. The lowest BCUT2D eigenvalue weighted by Crippen LogP contribution is -2.43. The van der Waals surface area contributed by atoms with E-state index < -0.39 is 30.0 Å². The molecule has 0 aromatic heterocycles. The van der Waals surface area contributed by atoms with Crippen LogP contribution in [-0.2, 0) is 19.1 Å². The Labute approximate surface area is 122 Å². The smallest absolute Gasteiger partial charge is 0.324 e. The third kappa shape index (κ3) is 2.15. The molecule has 3 rings (SSSR count). The third-order valence-corrected chi connectivity index (χ3v) is 3.93. The van der Waals surface area contributed by atoms with Crippen molar-refractivity contribution in [3.8, 4) is 5.75 Å². The molecule has 1 N–H and O–H groups in total. The first-order valence-corrected chi connectivity index (χ1v) is 6.93. The summed E-state index contributed by atoms with van der Waals surface area (Å²) < 4.78 is 15.7. The van der Waals surface area contributed by atoms with Crippen molar-refractivity contribution in [2.45, 2.75) is 25.1 Å². The van der Waals surface area contributed by atoms with Gasteiger partial charge >= 0.3 is 11.9 Å². The van der Waals surface area contributed by atoms with E-state index in [4.69, 9.17) is 14.2 Å². The average molecular weight is 291 g/mol. The van der Waals surface area contributed by atoms with Crippen LogP contribution in [0.25, 0.3) is 0 Å². The molecule has 0 radical (unpaired) electrons. The molecule has 112 valence electrons. The van der Waals surface area contributed by atoms with Crippen molar-refractivity contribution in [1.82, 2.24) is 5.32 Å². The molecular weight excluding hydrogens is 274 g/mol. The van der Waals surface area contributed by atoms with Crippen LogP contribution in [0.3, 0.4) is 0 Å². The van der Waals surface area contributed by atoms with Crippen LogP contribution in [0.1, 0.15) is 18.5 Å².